The summed E-state index contributed by atoms with van der Waals surface area (Å²) in [5.41, 5.74) is 4.78. The Morgan fingerprint density at radius 2 is 2.06 bits per heavy atom. The Morgan fingerprint density at radius 3 is 2.77 bits per heavy atom. The molecule has 1 aliphatic rings. The Hall–Kier alpha value is -2.66. The number of benzene rings is 1. The molecule has 3 heterocycles. The average Bonchev–Trinajstić information content (AvgIpc) is 3.19. The lowest BCUT2D eigenvalue weighted by Crippen LogP contribution is -2.48. The van der Waals surface area contributed by atoms with Gasteiger partial charge in [-0.3, -0.25) is 14.5 Å². The number of aromatic nitrogens is 3. The number of aryl methyl sites for hydroxylation is 3. The van der Waals surface area contributed by atoms with Gasteiger partial charge in [-0.1, -0.05) is 36.2 Å². The van der Waals surface area contributed by atoms with Crippen LogP contribution in [-0.4, -0.2) is 38.2 Å². The van der Waals surface area contributed by atoms with Crippen LogP contribution in [0, 0.1) is 12.8 Å². The number of halogens is 1. The number of carbonyl (C=O) groups is 1. The van der Waals surface area contributed by atoms with Crippen LogP contribution in [0.5, 0.6) is 0 Å². The molecule has 6 heteroatoms. The molecule has 5 nitrogen and oxygen atoms in total. The highest BCUT2D eigenvalue weighted by atomic mass is 35.5. The minimum absolute atomic E-state index is 0.114. The molecule has 0 spiro atoms. The summed E-state index contributed by atoms with van der Waals surface area (Å²) in [7, 11) is 1.90. The highest BCUT2D eigenvalue weighted by molar-refractivity contribution is 6.30. The van der Waals surface area contributed by atoms with Crippen molar-refractivity contribution in [3.63, 3.8) is 0 Å². The maximum atomic E-state index is 13.8. The zero-order chi connectivity index (χ0) is 22.0. The number of hydrogen-bond donors (Lipinski definition) is 0. The van der Waals surface area contributed by atoms with Gasteiger partial charge in [-0.15, -0.1) is 0 Å². The molecule has 1 saturated heterocycles. The minimum Gasteiger partial charge on any atom is -0.335 e. The lowest BCUT2D eigenvalue weighted by atomic mass is 9.86. The third-order valence-electron chi connectivity index (χ3n) is 6.28. The molecule has 0 bridgehead atoms. The van der Waals surface area contributed by atoms with Gasteiger partial charge < -0.3 is 4.90 Å². The van der Waals surface area contributed by atoms with Crippen molar-refractivity contribution in [2.75, 3.05) is 6.54 Å². The molecule has 0 radical (unpaired) electrons. The third kappa shape index (κ3) is 4.82. The maximum Gasteiger partial charge on any atom is 0.254 e. The summed E-state index contributed by atoms with van der Waals surface area (Å²) >= 11 is 5.97. The zero-order valence-corrected chi connectivity index (χ0v) is 19.1. The van der Waals surface area contributed by atoms with E-state index >= 15 is 0 Å². The number of nitrogens with zero attached hydrogens (tertiary/aromatic N) is 4. The molecule has 162 valence electrons. The quantitative estimate of drug-likeness (QED) is 0.544. The number of hydrogen-bond acceptors (Lipinski definition) is 3. The van der Waals surface area contributed by atoms with E-state index < -0.39 is 0 Å². The molecule has 1 amide bonds. The number of piperidine rings is 1. The van der Waals surface area contributed by atoms with E-state index in [0.29, 0.717) is 10.9 Å². The van der Waals surface area contributed by atoms with Crippen LogP contribution in [0.4, 0.5) is 0 Å². The topological polar surface area (TPSA) is 51.0 Å². The molecule has 2 aromatic heterocycles. The van der Waals surface area contributed by atoms with Crippen molar-refractivity contribution in [1.82, 2.24) is 19.7 Å². The Kier molecular flexibility index (Phi) is 6.42. The summed E-state index contributed by atoms with van der Waals surface area (Å²) in [6, 6.07) is 10.2. The molecule has 1 aliphatic heterocycles. The van der Waals surface area contributed by atoms with Crippen LogP contribution in [-0.2, 0) is 13.5 Å². The predicted molar refractivity (Wildman–Crippen MR) is 124 cm³/mol. The van der Waals surface area contributed by atoms with Gasteiger partial charge in [-0.05, 0) is 62.3 Å². The van der Waals surface area contributed by atoms with Gasteiger partial charge >= 0.3 is 0 Å². The number of pyridine rings is 1. The summed E-state index contributed by atoms with van der Waals surface area (Å²) in [6.07, 6.45) is 9.39. The summed E-state index contributed by atoms with van der Waals surface area (Å²) in [5, 5.41) is 4.95. The maximum absolute atomic E-state index is 13.8. The van der Waals surface area contributed by atoms with Gasteiger partial charge in [-0.25, -0.2) is 0 Å². The highest BCUT2D eigenvalue weighted by Gasteiger charge is 2.33. The lowest BCUT2D eigenvalue weighted by Gasteiger charge is -2.40. The first-order valence-electron chi connectivity index (χ1n) is 10.9. The number of carbonyl (C=O) groups excluding carboxylic acids is 1. The Morgan fingerprint density at radius 1 is 1.23 bits per heavy atom. The van der Waals surface area contributed by atoms with Crippen LogP contribution < -0.4 is 0 Å². The van der Waals surface area contributed by atoms with E-state index in [0.717, 1.165) is 60.2 Å². The monoisotopic (exact) mass is 436 g/mol. The summed E-state index contributed by atoms with van der Waals surface area (Å²) in [5.74, 6) is 0.569. The number of rotatable bonds is 5. The van der Waals surface area contributed by atoms with Gasteiger partial charge in [0.25, 0.3) is 5.91 Å². The van der Waals surface area contributed by atoms with Gasteiger partial charge in [0, 0.05) is 48.8 Å². The van der Waals surface area contributed by atoms with Gasteiger partial charge in [-0.2, -0.15) is 5.10 Å². The average molecular weight is 437 g/mol. The first-order valence-corrected chi connectivity index (χ1v) is 11.3. The molecule has 0 aliphatic carbocycles. The second-order valence-corrected chi connectivity index (χ2v) is 9.08. The fourth-order valence-corrected chi connectivity index (χ4v) is 4.71. The van der Waals surface area contributed by atoms with E-state index in [9.17, 15) is 4.79 Å². The van der Waals surface area contributed by atoms with Crippen LogP contribution in [0.2, 0.25) is 5.02 Å². The first-order chi connectivity index (χ1) is 14.9. The van der Waals surface area contributed by atoms with Crippen molar-refractivity contribution in [2.24, 2.45) is 13.0 Å². The Labute approximate surface area is 189 Å². The van der Waals surface area contributed by atoms with Crippen molar-refractivity contribution < 1.29 is 4.79 Å². The molecule has 4 rings (SSSR count). The van der Waals surface area contributed by atoms with Crippen molar-refractivity contribution in [3.05, 3.63) is 70.8 Å². The predicted octanol–water partition coefficient (Wildman–Crippen LogP) is 5.32. The number of likely N-dealkylation sites (tertiary alicyclic amines) is 1. The third-order valence-corrected chi connectivity index (χ3v) is 6.51. The van der Waals surface area contributed by atoms with E-state index in [2.05, 4.69) is 28.0 Å². The number of amides is 1. The molecule has 3 aromatic rings. The van der Waals surface area contributed by atoms with Crippen molar-refractivity contribution in [2.45, 2.75) is 45.6 Å². The molecule has 0 saturated carbocycles. The zero-order valence-electron chi connectivity index (χ0n) is 18.4. The molecule has 1 aromatic carbocycles. The minimum atomic E-state index is 0.114. The summed E-state index contributed by atoms with van der Waals surface area (Å²) in [4.78, 5) is 20.4. The van der Waals surface area contributed by atoms with E-state index in [1.54, 1.807) is 10.9 Å². The van der Waals surface area contributed by atoms with Crippen LogP contribution in [0.25, 0.3) is 11.1 Å². The van der Waals surface area contributed by atoms with Crippen LogP contribution in [0.15, 0.2) is 48.9 Å². The second-order valence-electron chi connectivity index (χ2n) is 8.64. The van der Waals surface area contributed by atoms with E-state index in [-0.39, 0.29) is 11.9 Å². The smallest absolute Gasteiger partial charge is 0.254 e. The van der Waals surface area contributed by atoms with Crippen LogP contribution in [0.3, 0.4) is 0 Å². The van der Waals surface area contributed by atoms with Crippen molar-refractivity contribution in [3.8, 4) is 11.1 Å². The molecule has 1 fully saturated rings. The van der Waals surface area contributed by atoms with Gasteiger partial charge in [0.05, 0.1) is 11.2 Å². The van der Waals surface area contributed by atoms with E-state index in [1.807, 2.05) is 50.6 Å². The first kappa shape index (κ1) is 21.6. The van der Waals surface area contributed by atoms with E-state index in [4.69, 9.17) is 11.6 Å². The molecular formula is C25H29ClN4O. The Balaban J connectivity index is 1.61. The molecule has 0 unspecified atom stereocenters. The van der Waals surface area contributed by atoms with Crippen LogP contribution in [0.1, 0.15) is 47.8 Å². The van der Waals surface area contributed by atoms with E-state index in [1.165, 1.54) is 0 Å². The lowest BCUT2D eigenvalue weighted by molar-refractivity contribution is 0.0499. The summed E-state index contributed by atoms with van der Waals surface area (Å²) in [6.45, 7) is 5.09. The molecule has 2 atom stereocenters. The van der Waals surface area contributed by atoms with Gasteiger partial charge in [0.2, 0.25) is 0 Å². The summed E-state index contributed by atoms with van der Waals surface area (Å²) < 4.78 is 1.77. The second kappa shape index (κ2) is 9.23. The fourth-order valence-electron chi connectivity index (χ4n) is 4.59. The van der Waals surface area contributed by atoms with Gasteiger partial charge in [0.1, 0.15) is 0 Å². The molecule has 0 N–H and O–H groups in total. The van der Waals surface area contributed by atoms with Gasteiger partial charge in [0.15, 0.2) is 0 Å². The SMILES string of the molecule is Cc1ccc(-c2cnn(C)c2)c(C(=O)N2CCC[C@@H](C)[C@H]2CCc2ccc(Cl)cn2)c1. The normalized spacial score (nSPS) is 18.9. The molecule has 31 heavy (non-hydrogen) atoms. The largest absolute Gasteiger partial charge is 0.335 e. The van der Waals surface area contributed by atoms with Crippen LogP contribution >= 0.6 is 11.6 Å². The van der Waals surface area contributed by atoms with Crippen molar-refractivity contribution >= 4 is 17.5 Å². The molecular weight excluding hydrogens is 408 g/mol. The highest BCUT2D eigenvalue weighted by Crippen LogP contribution is 2.31. The standard InChI is InChI=1S/C25H29ClN4O/c1-17-6-10-22(19-14-28-29(3)16-19)23(13-17)25(31)30-12-4-5-18(2)24(30)11-9-21-8-7-20(26)15-27-21/h6-8,10,13-16,18,24H,4-5,9,11-12H2,1-3H3/t18-,24-/m1/s1. The van der Waals surface area contributed by atoms with Crippen molar-refractivity contribution in [1.29, 1.82) is 0 Å². The fraction of sp³-hybridized carbons (Fsp3) is 0.400. The Bertz CT molecular complexity index is 1060.